The highest BCUT2D eigenvalue weighted by Gasteiger charge is 2.40. The van der Waals surface area contributed by atoms with Crippen LogP contribution >= 0.6 is 0 Å². The van der Waals surface area contributed by atoms with Gasteiger partial charge in [0.2, 0.25) is 0 Å². The van der Waals surface area contributed by atoms with Crippen molar-refractivity contribution in [2.75, 3.05) is 19.7 Å². The molecule has 0 atom stereocenters. The summed E-state index contributed by atoms with van der Waals surface area (Å²) in [5.74, 6) is 0. The van der Waals surface area contributed by atoms with E-state index < -0.39 is 0 Å². The van der Waals surface area contributed by atoms with Crippen molar-refractivity contribution in [1.29, 1.82) is 0 Å². The van der Waals surface area contributed by atoms with Crippen molar-refractivity contribution in [3.05, 3.63) is 0 Å². The monoisotopic (exact) mass is 143 g/mol. The van der Waals surface area contributed by atoms with Gasteiger partial charge in [0, 0.05) is 13.2 Å². The zero-order valence-corrected chi connectivity index (χ0v) is 6.69. The molecule has 1 saturated carbocycles. The molecule has 0 aliphatic heterocycles. The lowest BCUT2D eigenvalue weighted by Crippen LogP contribution is -2.24. The minimum Gasteiger partial charge on any atom is -0.396 e. The quantitative estimate of drug-likeness (QED) is 0.595. The molecule has 1 aliphatic carbocycles. The van der Waals surface area contributed by atoms with Crippen molar-refractivity contribution in [1.82, 2.24) is 5.32 Å². The number of hydrogen-bond acceptors (Lipinski definition) is 2. The fraction of sp³-hybridized carbons (Fsp3) is 1.00. The first-order valence-corrected chi connectivity index (χ1v) is 4.14. The molecular weight excluding hydrogens is 126 g/mol. The third kappa shape index (κ3) is 1.96. The Balaban J connectivity index is 2.11. The standard InChI is InChI=1S/C8H17NO/c1-2-9-7-8(3-4-8)5-6-10/h9-10H,2-7H2,1H3. The van der Waals surface area contributed by atoms with E-state index in [1.165, 1.54) is 12.8 Å². The second-order valence-corrected chi connectivity index (χ2v) is 3.25. The van der Waals surface area contributed by atoms with Crippen LogP contribution < -0.4 is 5.32 Å². The number of rotatable bonds is 5. The lowest BCUT2D eigenvalue weighted by Gasteiger charge is -2.12. The molecule has 60 valence electrons. The minimum absolute atomic E-state index is 0.353. The van der Waals surface area contributed by atoms with Crippen LogP contribution in [0.25, 0.3) is 0 Å². The molecule has 0 aromatic rings. The molecule has 1 rings (SSSR count). The normalized spacial score (nSPS) is 21.0. The van der Waals surface area contributed by atoms with E-state index in [1.54, 1.807) is 0 Å². The fourth-order valence-corrected chi connectivity index (χ4v) is 1.32. The van der Waals surface area contributed by atoms with Gasteiger partial charge in [0.25, 0.3) is 0 Å². The Bertz CT molecular complexity index is 99.4. The van der Waals surface area contributed by atoms with E-state index in [1.807, 2.05) is 0 Å². The lowest BCUT2D eigenvalue weighted by molar-refractivity contribution is 0.246. The summed E-state index contributed by atoms with van der Waals surface area (Å²) >= 11 is 0. The molecule has 2 nitrogen and oxygen atoms in total. The van der Waals surface area contributed by atoms with Crippen LogP contribution in [0.5, 0.6) is 0 Å². The predicted octanol–water partition coefficient (Wildman–Crippen LogP) is 0.758. The second kappa shape index (κ2) is 3.35. The van der Waals surface area contributed by atoms with Crippen LogP contribution in [0.2, 0.25) is 0 Å². The third-order valence-corrected chi connectivity index (χ3v) is 2.35. The first kappa shape index (κ1) is 8.02. The van der Waals surface area contributed by atoms with E-state index in [2.05, 4.69) is 12.2 Å². The van der Waals surface area contributed by atoms with Crippen LogP contribution in [0, 0.1) is 5.41 Å². The zero-order valence-electron chi connectivity index (χ0n) is 6.69. The molecule has 0 saturated heterocycles. The smallest absolute Gasteiger partial charge is 0.0436 e. The van der Waals surface area contributed by atoms with E-state index in [0.29, 0.717) is 12.0 Å². The van der Waals surface area contributed by atoms with E-state index in [-0.39, 0.29) is 0 Å². The third-order valence-electron chi connectivity index (χ3n) is 2.35. The fourth-order valence-electron chi connectivity index (χ4n) is 1.32. The molecule has 1 fully saturated rings. The summed E-state index contributed by atoms with van der Waals surface area (Å²) in [4.78, 5) is 0. The number of aliphatic hydroxyl groups excluding tert-OH is 1. The van der Waals surface area contributed by atoms with Gasteiger partial charge in [0.15, 0.2) is 0 Å². The summed E-state index contributed by atoms with van der Waals surface area (Å²) in [5.41, 5.74) is 0.491. The number of nitrogens with one attached hydrogen (secondary N) is 1. The van der Waals surface area contributed by atoms with E-state index in [0.717, 1.165) is 19.5 Å². The van der Waals surface area contributed by atoms with Crippen LogP contribution in [0.1, 0.15) is 26.2 Å². The van der Waals surface area contributed by atoms with Crippen molar-refractivity contribution >= 4 is 0 Å². The van der Waals surface area contributed by atoms with Gasteiger partial charge in [-0.3, -0.25) is 0 Å². The number of hydrogen-bond donors (Lipinski definition) is 2. The van der Waals surface area contributed by atoms with Gasteiger partial charge in [0.05, 0.1) is 0 Å². The van der Waals surface area contributed by atoms with Crippen molar-refractivity contribution in [3.8, 4) is 0 Å². The van der Waals surface area contributed by atoms with Crippen LogP contribution in [-0.4, -0.2) is 24.8 Å². The van der Waals surface area contributed by atoms with Gasteiger partial charge in [-0.15, -0.1) is 0 Å². The van der Waals surface area contributed by atoms with E-state index >= 15 is 0 Å². The first-order valence-electron chi connectivity index (χ1n) is 4.14. The minimum atomic E-state index is 0.353. The topological polar surface area (TPSA) is 32.3 Å². The summed E-state index contributed by atoms with van der Waals surface area (Å²) in [5, 5.41) is 12.0. The first-order chi connectivity index (χ1) is 4.83. The Morgan fingerprint density at radius 1 is 1.50 bits per heavy atom. The van der Waals surface area contributed by atoms with Gasteiger partial charge >= 0.3 is 0 Å². The molecule has 0 unspecified atom stereocenters. The maximum Gasteiger partial charge on any atom is 0.0436 e. The molecule has 10 heavy (non-hydrogen) atoms. The molecule has 2 heteroatoms. The molecule has 0 aromatic heterocycles. The van der Waals surface area contributed by atoms with Gasteiger partial charge in [-0.25, -0.2) is 0 Å². The summed E-state index contributed by atoms with van der Waals surface area (Å²) in [6, 6.07) is 0. The summed E-state index contributed by atoms with van der Waals surface area (Å²) in [7, 11) is 0. The average Bonchev–Trinajstić information content (AvgIpc) is 2.67. The van der Waals surface area contributed by atoms with Crippen molar-refractivity contribution in [2.45, 2.75) is 26.2 Å². The van der Waals surface area contributed by atoms with Gasteiger partial charge in [-0.1, -0.05) is 6.92 Å². The average molecular weight is 143 g/mol. The maximum absolute atomic E-state index is 8.71. The number of aliphatic hydroxyl groups is 1. The molecular formula is C8H17NO. The summed E-state index contributed by atoms with van der Waals surface area (Å²) in [6.07, 6.45) is 3.60. The molecule has 0 amide bonds. The molecule has 0 bridgehead atoms. The summed E-state index contributed by atoms with van der Waals surface area (Å²) < 4.78 is 0. The molecule has 0 spiro atoms. The van der Waals surface area contributed by atoms with Crippen LogP contribution in [-0.2, 0) is 0 Å². The van der Waals surface area contributed by atoms with E-state index in [9.17, 15) is 0 Å². The second-order valence-electron chi connectivity index (χ2n) is 3.25. The Morgan fingerprint density at radius 2 is 2.20 bits per heavy atom. The van der Waals surface area contributed by atoms with E-state index in [4.69, 9.17) is 5.11 Å². The Labute approximate surface area is 62.6 Å². The highest BCUT2D eigenvalue weighted by Crippen LogP contribution is 2.47. The molecule has 0 heterocycles. The van der Waals surface area contributed by atoms with Crippen LogP contribution in [0.15, 0.2) is 0 Å². The Morgan fingerprint density at radius 3 is 2.60 bits per heavy atom. The van der Waals surface area contributed by atoms with Gasteiger partial charge < -0.3 is 10.4 Å². The highest BCUT2D eigenvalue weighted by atomic mass is 16.3. The molecule has 2 N–H and O–H groups in total. The molecule has 0 aromatic carbocycles. The predicted molar refractivity (Wildman–Crippen MR) is 41.9 cm³/mol. The summed E-state index contributed by atoms with van der Waals surface area (Å²) in [6.45, 7) is 4.62. The van der Waals surface area contributed by atoms with Crippen molar-refractivity contribution in [2.24, 2.45) is 5.41 Å². The van der Waals surface area contributed by atoms with Crippen LogP contribution in [0.4, 0.5) is 0 Å². The SMILES string of the molecule is CCNCC1(CCO)CC1. The zero-order chi connectivity index (χ0) is 7.45. The van der Waals surface area contributed by atoms with Crippen LogP contribution in [0.3, 0.4) is 0 Å². The lowest BCUT2D eigenvalue weighted by atomic mass is 10.0. The van der Waals surface area contributed by atoms with Gasteiger partial charge in [-0.05, 0) is 31.2 Å². The largest absolute Gasteiger partial charge is 0.396 e. The molecule has 0 radical (unpaired) electrons. The maximum atomic E-state index is 8.71. The Kier molecular flexibility index (Phi) is 2.69. The van der Waals surface area contributed by atoms with Gasteiger partial charge in [-0.2, -0.15) is 0 Å². The van der Waals surface area contributed by atoms with Crippen molar-refractivity contribution in [3.63, 3.8) is 0 Å². The van der Waals surface area contributed by atoms with Gasteiger partial charge in [0.1, 0.15) is 0 Å². The van der Waals surface area contributed by atoms with Crippen molar-refractivity contribution < 1.29 is 5.11 Å². The Hall–Kier alpha value is -0.0800. The molecule has 1 aliphatic rings. The highest BCUT2D eigenvalue weighted by molar-refractivity contribution is 4.94.